The summed E-state index contributed by atoms with van der Waals surface area (Å²) in [6.45, 7) is 4.85. The Morgan fingerprint density at radius 3 is 2.73 bits per heavy atom. The van der Waals surface area contributed by atoms with Gasteiger partial charge in [0, 0.05) is 13.1 Å². The molecular formula is C15H23ClN4O2. The number of nitrogens with one attached hydrogen (secondary N) is 2. The predicted octanol–water partition coefficient (Wildman–Crippen LogP) is 1.24. The summed E-state index contributed by atoms with van der Waals surface area (Å²) in [7, 11) is 0. The molecular weight excluding hydrogens is 304 g/mol. The van der Waals surface area contributed by atoms with Crippen LogP contribution in [0, 0.1) is 5.92 Å². The quantitative estimate of drug-likeness (QED) is 0.745. The molecule has 2 aromatic rings. The lowest BCUT2D eigenvalue weighted by Gasteiger charge is -2.14. The van der Waals surface area contributed by atoms with E-state index in [0.717, 1.165) is 11.0 Å². The Morgan fingerprint density at radius 2 is 2.05 bits per heavy atom. The highest BCUT2D eigenvalue weighted by Crippen LogP contribution is 2.08. The number of aromatic amines is 1. The normalized spacial score (nSPS) is 12.2. The number of imidazole rings is 1. The van der Waals surface area contributed by atoms with Gasteiger partial charge in [-0.3, -0.25) is 9.36 Å². The summed E-state index contributed by atoms with van der Waals surface area (Å²) in [6.07, 6.45) is 0.652. The van der Waals surface area contributed by atoms with Gasteiger partial charge in [0.2, 0.25) is 5.91 Å². The van der Waals surface area contributed by atoms with Crippen LogP contribution in [0.25, 0.3) is 11.0 Å². The molecule has 4 N–H and O–H groups in total. The Labute approximate surface area is 135 Å². The smallest absolute Gasteiger partial charge is 0.326 e. The minimum absolute atomic E-state index is 0. The highest BCUT2D eigenvalue weighted by molar-refractivity contribution is 5.85. The van der Waals surface area contributed by atoms with Crippen LogP contribution in [0.3, 0.4) is 0 Å². The third-order valence-electron chi connectivity index (χ3n) is 3.38. The van der Waals surface area contributed by atoms with E-state index in [4.69, 9.17) is 5.73 Å². The molecule has 0 spiro atoms. The van der Waals surface area contributed by atoms with Gasteiger partial charge in [0.25, 0.3) is 0 Å². The number of benzene rings is 1. The fraction of sp³-hybridized carbons (Fsp3) is 0.467. The molecule has 2 rings (SSSR count). The van der Waals surface area contributed by atoms with E-state index in [0.29, 0.717) is 25.4 Å². The fourth-order valence-electron chi connectivity index (χ4n) is 2.37. The van der Waals surface area contributed by atoms with Crippen molar-refractivity contribution in [2.75, 3.05) is 6.54 Å². The van der Waals surface area contributed by atoms with E-state index in [1.54, 1.807) is 4.57 Å². The van der Waals surface area contributed by atoms with Crippen LogP contribution in [0.5, 0.6) is 0 Å². The average Bonchev–Trinajstić information content (AvgIpc) is 2.74. The van der Waals surface area contributed by atoms with Gasteiger partial charge in [-0.15, -0.1) is 12.4 Å². The van der Waals surface area contributed by atoms with Gasteiger partial charge in [-0.1, -0.05) is 26.0 Å². The number of aromatic nitrogens is 2. The van der Waals surface area contributed by atoms with E-state index in [1.807, 2.05) is 38.1 Å². The number of hydrogen-bond donors (Lipinski definition) is 3. The lowest BCUT2D eigenvalue weighted by atomic mass is 10.0. The second-order valence-corrected chi connectivity index (χ2v) is 5.63. The number of hydrogen-bond acceptors (Lipinski definition) is 3. The van der Waals surface area contributed by atoms with Crippen molar-refractivity contribution in [1.82, 2.24) is 14.9 Å². The van der Waals surface area contributed by atoms with E-state index < -0.39 is 6.04 Å². The number of H-pyrrole nitrogens is 1. The maximum atomic E-state index is 11.9. The largest absolute Gasteiger partial charge is 0.353 e. The summed E-state index contributed by atoms with van der Waals surface area (Å²) in [5.74, 6) is 0.207. The fourth-order valence-corrected chi connectivity index (χ4v) is 2.37. The molecule has 0 aliphatic heterocycles. The Balaban J connectivity index is 0.00000242. The molecule has 0 radical (unpaired) electrons. The summed E-state index contributed by atoms with van der Waals surface area (Å²) in [4.78, 5) is 26.5. The van der Waals surface area contributed by atoms with Crippen LogP contribution in [-0.4, -0.2) is 28.0 Å². The van der Waals surface area contributed by atoms with E-state index >= 15 is 0 Å². The molecule has 0 bridgehead atoms. The van der Waals surface area contributed by atoms with Crippen LogP contribution in [0.15, 0.2) is 29.1 Å². The van der Waals surface area contributed by atoms with Crippen molar-refractivity contribution in [2.24, 2.45) is 11.7 Å². The molecule has 1 heterocycles. The number of halogens is 1. The Hall–Kier alpha value is -1.79. The van der Waals surface area contributed by atoms with Crippen molar-refractivity contribution in [3.05, 3.63) is 34.7 Å². The zero-order chi connectivity index (χ0) is 15.4. The molecule has 22 heavy (non-hydrogen) atoms. The molecule has 0 saturated heterocycles. The number of amides is 1. The zero-order valence-electron chi connectivity index (χ0n) is 12.8. The van der Waals surface area contributed by atoms with E-state index in [1.165, 1.54) is 0 Å². The summed E-state index contributed by atoms with van der Waals surface area (Å²) < 4.78 is 1.61. The summed E-state index contributed by atoms with van der Waals surface area (Å²) >= 11 is 0. The second-order valence-electron chi connectivity index (χ2n) is 5.63. The maximum absolute atomic E-state index is 11.9. The van der Waals surface area contributed by atoms with Crippen molar-refractivity contribution in [1.29, 1.82) is 0 Å². The number of nitrogens with zero attached hydrogens (tertiary/aromatic N) is 1. The third-order valence-corrected chi connectivity index (χ3v) is 3.38. The number of carbonyl (C=O) groups excluding carboxylic acids is 1. The average molecular weight is 327 g/mol. The van der Waals surface area contributed by atoms with E-state index in [-0.39, 0.29) is 24.0 Å². The van der Waals surface area contributed by atoms with Gasteiger partial charge in [-0.2, -0.15) is 0 Å². The summed E-state index contributed by atoms with van der Waals surface area (Å²) in [5.41, 5.74) is 7.27. The topological polar surface area (TPSA) is 92.9 Å². The first-order chi connectivity index (χ1) is 9.99. The van der Waals surface area contributed by atoms with Crippen molar-refractivity contribution in [2.45, 2.75) is 32.9 Å². The highest BCUT2D eigenvalue weighted by Gasteiger charge is 2.14. The van der Waals surface area contributed by atoms with Crippen LogP contribution in [0.4, 0.5) is 0 Å². The SMILES string of the molecule is CC(C)C[C@H](N)C(=O)NCCn1c(=O)[nH]c2ccccc21.Cl. The minimum atomic E-state index is -0.496. The highest BCUT2D eigenvalue weighted by atomic mass is 35.5. The van der Waals surface area contributed by atoms with Gasteiger partial charge in [-0.05, 0) is 24.5 Å². The molecule has 0 unspecified atom stereocenters. The zero-order valence-corrected chi connectivity index (χ0v) is 13.7. The van der Waals surface area contributed by atoms with Crippen molar-refractivity contribution in [3.63, 3.8) is 0 Å². The second kappa shape index (κ2) is 8.00. The number of fused-ring (bicyclic) bond motifs is 1. The Bertz CT molecular complexity index is 677. The molecule has 1 amide bonds. The van der Waals surface area contributed by atoms with Gasteiger partial charge in [-0.25, -0.2) is 4.79 Å². The molecule has 122 valence electrons. The molecule has 0 aliphatic rings. The molecule has 6 nitrogen and oxygen atoms in total. The molecule has 1 aromatic carbocycles. The van der Waals surface area contributed by atoms with Crippen LogP contribution in [0.1, 0.15) is 20.3 Å². The van der Waals surface area contributed by atoms with Gasteiger partial charge in [0.1, 0.15) is 0 Å². The van der Waals surface area contributed by atoms with E-state index in [2.05, 4.69) is 10.3 Å². The monoisotopic (exact) mass is 326 g/mol. The first-order valence-corrected chi connectivity index (χ1v) is 7.20. The Kier molecular flexibility index (Phi) is 6.64. The van der Waals surface area contributed by atoms with Gasteiger partial charge in [0.15, 0.2) is 0 Å². The van der Waals surface area contributed by atoms with E-state index in [9.17, 15) is 9.59 Å². The van der Waals surface area contributed by atoms with Crippen LogP contribution in [0.2, 0.25) is 0 Å². The first kappa shape index (κ1) is 18.3. The molecule has 0 fully saturated rings. The van der Waals surface area contributed by atoms with Crippen molar-refractivity contribution in [3.8, 4) is 0 Å². The number of rotatable bonds is 6. The summed E-state index contributed by atoms with van der Waals surface area (Å²) in [6, 6.07) is 6.98. The van der Waals surface area contributed by atoms with Crippen LogP contribution < -0.4 is 16.7 Å². The standard InChI is InChI=1S/C15H22N4O2.ClH/c1-10(2)9-11(16)14(20)17-7-8-19-13-6-4-3-5-12(13)18-15(19)21;/h3-6,10-11H,7-9,16H2,1-2H3,(H,17,20)(H,18,21);1H/t11-;/m0./s1. The molecule has 7 heteroatoms. The lowest BCUT2D eigenvalue weighted by Crippen LogP contribution is -2.42. The summed E-state index contributed by atoms with van der Waals surface area (Å²) in [5, 5.41) is 2.78. The molecule has 1 aromatic heterocycles. The van der Waals surface area contributed by atoms with Crippen molar-refractivity contribution >= 4 is 29.3 Å². The Morgan fingerprint density at radius 1 is 1.36 bits per heavy atom. The van der Waals surface area contributed by atoms with Crippen LogP contribution >= 0.6 is 12.4 Å². The van der Waals surface area contributed by atoms with Gasteiger partial charge >= 0.3 is 5.69 Å². The number of para-hydroxylation sites is 2. The molecule has 0 saturated carbocycles. The predicted molar refractivity (Wildman–Crippen MR) is 90.2 cm³/mol. The maximum Gasteiger partial charge on any atom is 0.326 e. The molecule has 0 aliphatic carbocycles. The molecule has 1 atom stereocenters. The first-order valence-electron chi connectivity index (χ1n) is 7.20. The minimum Gasteiger partial charge on any atom is -0.353 e. The number of carbonyl (C=O) groups is 1. The van der Waals surface area contributed by atoms with Crippen LogP contribution in [-0.2, 0) is 11.3 Å². The lowest BCUT2D eigenvalue weighted by molar-refractivity contribution is -0.122. The van der Waals surface area contributed by atoms with Crippen molar-refractivity contribution < 1.29 is 4.79 Å². The number of nitrogens with two attached hydrogens (primary N) is 1. The van der Waals surface area contributed by atoms with Gasteiger partial charge < -0.3 is 16.0 Å². The third kappa shape index (κ3) is 4.35. The van der Waals surface area contributed by atoms with Gasteiger partial charge in [0.05, 0.1) is 17.1 Å².